The van der Waals surface area contributed by atoms with E-state index in [2.05, 4.69) is 18.7 Å². The van der Waals surface area contributed by atoms with Gasteiger partial charge in [-0.25, -0.2) is 13.4 Å². The van der Waals surface area contributed by atoms with Gasteiger partial charge in [0.15, 0.2) is 15.0 Å². The van der Waals surface area contributed by atoms with Gasteiger partial charge in [-0.1, -0.05) is 31.3 Å². The predicted molar refractivity (Wildman–Crippen MR) is 130 cm³/mol. The van der Waals surface area contributed by atoms with E-state index in [-0.39, 0.29) is 10.8 Å². The molecule has 0 aliphatic heterocycles. The molecular formula is C23H29N3O4S2. The van der Waals surface area contributed by atoms with Crippen molar-refractivity contribution >= 4 is 42.4 Å². The van der Waals surface area contributed by atoms with Crippen LogP contribution in [0.4, 0.5) is 5.13 Å². The first-order chi connectivity index (χ1) is 15.3. The highest BCUT2D eigenvalue weighted by molar-refractivity contribution is 7.90. The Kier molecular flexibility index (Phi) is 7.86. The first-order valence-corrected chi connectivity index (χ1v) is 13.4. The number of likely N-dealkylation sites (N-methyl/N-ethyl adjacent to an activating group) is 1. The minimum atomic E-state index is -3.33. The Morgan fingerprint density at radius 2 is 1.72 bits per heavy atom. The standard InChI is InChI=1S/C23H29N3O4S2/c1-5-25(6-2)15-16-26(22(27)17-11-13-18(14-12-17)32(4,28)29)23-24-21-19(30-7-3)9-8-10-20(21)31-23/h8-14H,5-7,15-16H2,1-4H3. The fourth-order valence-corrected chi connectivity index (χ4v) is 5.00. The monoisotopic (exact) mass is 475 g/mol. The van der Waals surface area contributed by atoms with Crippen LogP contribution in [-0.2, 0) is 9.84 Å². The normalized spacial score (nSPS) is 11.8. The number of carbonyl (C=O) groups excluding carboxylic acids is 1. The van der Waals surface area contributed by atoms with Gasteiger partial charge in [0.05, 0.1) is 16.2 Å². The van der Waals surface area contributed by atoms with Crippen molar-refractivity contribution in [3.05, 3.63) is 48.0 Å². The highest BCUT2D eigenvalue weighted by Gasteiger charge is 2.23. The number of para-hydroxylation sites is 1. The summed E-state index contributed by atoms with van der Waals surface area (Å²) in [5.74, 6) is 0.482. The lowest BCUT2D eigenvalue weighted by Crippen LogP contribution is -2.38. The van der Waals surface area contributed by atoms with Crippen LogP contribution in [0.3, 0.4) is 0 Å². The van der Waals surface area contributed by atoms with Crippen molar-refractivity contribution < 1.29 is 17.9 Å². The number of nitrogens with zero attached hydrogens (tertiary/aromatic N) is 3. The van der Waals surface area contributed by atoms with Crippen molar-refractivity contribution in [3.8, 4) is 5.75 Å². The predicted octanol–water partition coefficient (Wildman–Crippen LogP) is 4.09. The molecule has 7 nitrogen and oxygen atoms in total. The van der Waals surface area contributed by atoms with E-state index < -0.39 is 9.84 Å². The molecule has 0 bridgehead atoms. The fourth-order valence-electron chi connectivity index (χ4n) is 3.36. The van der Waals surface area contributed by atoms with E-state index in [0.717, 1.165) is 29.6 Å². The second-order valence-electron chi connectivity index (χ2n) is 7.31. The molecule has 0 atom stereocenters. The molecule has 2 aromatic carbocycles. The minimum Gasteiger partial charge on any atom is -0.492 e. The molecule has 1 aromatic heterocycles. The number of thiazole rings is 1. The first kappa shape index (κ1) is 24.2. The smallest absolute Gasteiger partial charge is 0.260 e. The van der Waals surface area contributed by atoms with E-state index in [1.54, 1.807) is 17.0 Å². The van der Waals surface area contributed by atoms with Crippen LogP contribution < -0.4 is 9.64 Å². The zero-order valence-corrected chi connectivity index (χ0v) is 20.5. The molecule has 0 N–H and O–H groups in total. The number of benzene rings is 2. The third-order valence-corrected chi connectivity index (χ3v) is 7.38. The zero-order valence-electron chi connectivity index (χ0n) is 18.9. The highest BCUT2D eigenvalue weighted by Crippen LogP contribution is 2.34. The number of hydrogen-bond donors (Lipinski definition) is 0. The Balaban J connectivity index is 1.99. The van der Waals surface area contributed by atoms with Gasteiger partial charge in [0, 0.05) is 24.9 Å². The average molecular weight is 476 g/mol. The first-order valence-electron chi connectivity index (χ1n) is 10.6. The van der Waals surface area contributed by atoms with Crippen molar-refractivity contribution in [1.82, 2.24) is 9.88 Å². The van der Waals surface area contributed by atoms with Crippen molar-refractivity contribution in [1.29, 1.82) is 0 Å². The van der Waals surface area contributed by atoms with Gasteiger partial charge in [0.2, 0.25) is 0 Å². The maximum absolute atomic E-state index is 13.5. The number of sulfone groups is 1. The van der Waals surface area contributed by atoms with E-state index >= 15 is 0 Å². The summed E-state index contributed by atoms with van der Waals surface area (Å²) in [5.41, 5.74) is 1.16. The molecule has 0 saturated carbocycles. The summed E-state index contributed by atoms with van der Waals surface area (Å²) in [6.07, 6.45) is 1.15. The van der Waals surface area contributed by atoms with Crippen molar-refractivity contribution in [2.75, 3.05) is 43.9 Å². The van der Waals surface area contributed by atoms with Gasteiger partial charge in [-0.15, -0.1) is 0 Å². The van der Waals surface area contributed by atoms with Crippen LogP contribution in [0.5, 0.6) is 5.75 Å². The highest BCUT2D eigenvalue weighted by atomic mass is 32.2. The van der Waals surface area contributed by atoms with E-state index in [1.807, 2.05) is 25.1 Å². The molecule has 1 heterocycles. The van der Waals surface area contributed by atoms with Gasteiger partial charge >= 0.3 is 0 Å². The van der Waals surface area contributed by atoms with E-state index in [9.17, 15) is 13.2 Å². The summed E-state index contributed by atoms with van der Waals surface area (Å²) < 4.78 is 30.2. The SMILES string of the molecule is CCOc1cccc2sc(N(CCN(CC)CC)C(=O)c3ccc(S(C)(=O)=O)cc3)nc12. The van der Waals surface area contributed by atoms with Crippen molar-refractivity contribution in [3.63, 3.8) is 0 Å². The Morgan fingerprint density at radius 3 is 2.31 bits per heavy atom. The molecule has 0 aliphatic rings. The third kappa shape index (κ3) is 5.46. The molecule has 0 aliphatic carbocycles. The third-order valence-electron chi connectivity index (χ3n) is 5.21. The molecule has 0 fully saturated rings. The van der Waals surface area contributed by atoms with E-state index in [4.69, 9.17) is 9.72 Å². The summed E-state index contributed by atoms with van der Waals surface area (Å²) in [6.45, 7) is 9.57. The molecule has 3 rings (SSSR count). The van der Waals surface area contributed by atoms with Gasteiger partial charge in [0.1, 0.15) is 11.3 Å². The molecular weight excluding hydrogens is 446 g/mol. The topological polar surface area (TPSA) is 79.8 Å². The summed E-state index contributed by atoms with van der Waals surface area (Å²) >= 11 is 1.44. The number of amides is 1. The summed E-state index contributed by atoms with van der Waals surface area (Å²) in [4.78, 5) is 22.3. The quantitative estimate of drug-likeness (QED) is 0.439. The maximum Gasteiger partial charge on any atom is 0.260 e. The number of hydrogen-bond acceptors (Lipinski definition) is 7. The molecule has 0 saturated heterocycles. The Bertz CT molecular complexity index is 1170. The van der Waals surface area contributed by atoms with Gasteiger partial charge < -0.3 is 9.64 Å². The Hall–Kier alpha value is -2.49. The van der Waals surface area contributed by atoms with Crippen molar-refractivity contribution in [2.45, 2.75) is 25.7 Å². The lowest BCUT2D eigenvalue weighted by atomic mass is 10.2. The van der Waals surface area contributed by atoms with E-state index in [1.165, 1.54) is 23.5 Å². The summed E-state index contributed by atoms with van der Waals surface area (Å²) in [5, 5.41) is 0.594. The number of carbonyl (C=O) groups is 1. The number of fused-ring (bicyclic) bond motifs is 1. The van der Waals surface area contributed by atoms with Crippen LogP contribution >= 0.6 is 11.3 Å². The zero-order chi connectivity index (χ0) is 23.3. The molecule has 0 unspecified atom stereocenters. The summed E-state index contributed by atoms with van der Waals surface area (Å²) in [6, 6.07) is 11.8. The lowest BCUT2D eigenvalue weighted by molar-refractivity contribution is 0.0983. The van der Waals surface area contributed by atoms with Crippen LogP contribution in [0.15, 0.2) is 47.4 Å². The van der Waals surface area contributed by atoms with Gasteiger partial charge in [0.25, 0.3) is 5.91 Å². The number of aromatic nitrogens is 1. The molecule has 9 heteroatoms. The van der Waals surface area contributed by atoms with Crippen LogP contribution in [0.25, 0.3) is 10.2 Å². The summed E-state index contributed by atoms with van der Waals surface area (Å²) in [7, 11) is -3.33. The Labute approximate surface area is 193 Å². The van der Waals surface area contributed by atoms with Gasteiger partial charge in [-0.2, -0.15) is 0 Å². The number of anilines is 1. The number of ether oxygens (including phenoxy) is 1. The van der Waals surface area contributed by atoms with Crippen LogP contribution in [-0.4, -0.2) is 63.3 Å². The average Bonchev–Trinajstić information content (AvgIpc) is 3.21. The van der Waals surface area contributed by atoms with Crippen LogP contribution in [0.2, 0.25) is 0 Å². The molecule has 0 spiro atoms. The second kappa shape index (κ2) is 10.4. The van der Waals surface area contributed by atoms with Gasteiger partial charge in [-0.05, 0) is 56.4 Å². The maximum atomic E-state index is 13.5. The van der Waals surface area contributed by atoms with Crippen LogP contribution in [0.1, 0.15) is 31.1 Å². The fraction of sp³-hybridized carbons (Fsp3) is 0.391. The van der Waals surface area contributed by atoms with Gasteiger partial charge in [-0.3, -0.25) is 9.69 Å². The molecule has 0 radical (unpaired) electrons. The largest absolute Gasteiger partial charge is 0.492 e. The molecule has 1 amide bonds. The second-order valence-corrected chi connectivity index (χ2v) is 10.3. The van der Waals surface area contributed by atoms with E-state index in [0.29, 0.717) is 36.1 Å². The Morgan fingerprint density at radius 1 is 1.03 bits per heavy atom. The molecule has 32 heavy (non-hydrogen) atoms. The lowest BCUT2D eigenvalue weighted by Gasteiger charge is -2.24. The number of rotatable bonds is 10. The van der Waals surface area contributed by atoms with Crippen LogP contribution in [0, 0.1) is 0 Å². The molecule has 172 valence electrons. The molecule has 3 aromatic rings. The van der Waals surface area contributed by atoms with Crippen molar-refractivity contribution in [2.24, 2.45) is 0 Å². The minimum absolute atomic E-state index is 0.185.